The number of likely N-dealkylation sites (tertiary alicyclic amines) is 2. The Balaban J connectivity index is 1.40. The second-order valence-corrected chi connectivity index (χ2v) is 13.1. The molecule has 2 aromatic heterocycles. The Morgan fingerprint density at radius 2 is 1.91 bits per heavy atom. The van der Waals surface area contributed by atoms with E-state index in [1.165, 1.54) is 0 Å². The Bertz CT molecular complexity index is 1710. The highest BCUT2D eigenvalue weighted by atomic mass is 35.5. The van der Waals surface area contributed by atoms with Crippen molar-refractivity contribution in [2.45, 2.75) is 57.7 Å². The van der Waals surface area contributed by atoms with Gasteiger partial charge in [0.15, 0.2) is 5.82 Å². The monoisotopic (exact) mass is 620 g/mol. The molecule has 11 heteroatoms. The van der Waals surface area contributed by atoms with Crippen LogP contribution in [0.3, 0.4) is 0 Å². The summed E-state index contributed by atoms with van der Waals surface area (Å²) < 4.78 is 28.3. The first-order valence-corrected chi connectivity index (χ1v) is 15.5. The molecule has 9 nitrogen and oxygen atoms in total. The molecule has 0 spiro atoms. The summed E-state index contributed by atoms with van der Waals surface area (Å²) in [6, 6.07) is 11.5. The number of carbonyl (C=O) groups excluding carboxylic acids is 1. The maximum Gasteiger partial charge on any atom is 0.410 e. The Hall–Kier alpha value is -3.76. The predicted octanol–water partition coefficient (Wildman–Crippen LogP) is 6.56. The molecular weight excluding hydrogens is 583 g/mol. The van der Waals surface area contributed by atoms with Gasteiger partial charge in [-0.2, -0.15) is 9.97 Å². The fraction of sp³-hybridized carbons (Fsp3) is 0.455. The van der Waals surface area contributed by atoms with Gasteiger partial charge in [-0.25, -0.2) is 9.18 Å². The summed E-state index contributed by atoms with van der Waals surface area (Å²) in [5.74, 6) is -0.0775. The lowest BCUT2D eigenvalue weighted by Crippen LogP contribution is -2.39. The van der Waals surface area contributed by atoms with Crippen LogP contribution >= 0.6 is 11.6 Å². The highest BCUT2D eigenvalue weighted by Crippen LogP contribution is 2.38. The quantitative estimate of drug-likeness (QED) is 0.240. The van der Waals surface area contributed by atoms with Crippen LogP contribution in [0, 0.1) is 5.82 Å². The van der Waals surface area contributed by atoms with E-state index in [1.807, 2.05) is 63.1 Å². The first kappa shape index (κ1) is 30.3. The predicted molar refractivity (Wildman–Crippen MR) is 171 cm³/mol. The van der Waals surface area contributed by atoms with E-state index in [9.17, 15) is 4.79 Å². The van der Waals surface area contributed by atoms with E-state index in [0.717, 1.165) is 30.2 Å². The zero-order valence-electron chi connectivity index (χ0n) is 25.8. The molecule has 0 N–H and O–H groups in total. The van der Waals surface area contributed by atoms with E-state index < -0.39 is 11.4 Å². The van der Waals surface area contributed by atoms with E-state index in [4.69, 9.17) is 26.1 Å². The minimum atomic E-state index is -0.585. The van der Waals surface area contributed by atoms with E-state index >= 15 is 4.39 Å². The van der Waals surface area contributed by atoms with Crippen LogP contribution in [0.2, 0.25) is 5.02 Å². The number of hydrogen-bond acceptors (Lipinski definition) is 8. The van der Waals surface area contributed by atoms with E-state index in [-0.39, 0.29) is 35.4 Å². The van der Waals surface area contributed by atoms with Crippen LogP contribution in [0.1, 0.15) is 40.0 Å². The average Bonchev–Trinajstić information content (AvgIpc) is 3.64. The van der Waals surface area contributed by atoms with Gasteiger partial charge in [-0.05, 0) is 65.1 Å². The number of amides is 1. The van der Waals surface area contributed by atoms with Crippen LogP contribution in [0.25, 0.3) is 32.9 Å². The Morgan fingerprint density at radius 3 is 2.64 bits per heavy atom. The molecule has 232 valence electrons. The molecule has 2 fully saturated rings. The molecule has 4 heterocycles. The summed E-state index contributed by atoms with van der Waals surface area (Å²) in [6.45, 7) is 7.96. The van der Waals surface area contributed by atoms with Crippen LogP contribution in [0.15, 0.2) is 42.6 Å². The van der Waals surface area contributed by atoms with Crippen molar-refractivity contribution in [3.05, 3.63) is 53.4 Å². The van der Waals surface area contributed by atoms with Gasteiger partial charge in [-0.15, -0.1) is 0 Å². The van der Waals surface area contributed by atoms with Gasteiger partial charge in [0, 0.05) is 54.4 Å². The van der Waals surface area contributed by atoms with E-state index in [0.29, 0.717) is 47.9 Å². The number of rotatable bonds is 6. The van der Waals surface area contributed by atoms with Crippen LogP contribution in [0.5, 0.6) is 6.01 Å². The molecule has 0 unspecified atom stereocenters. The first-order chi connectivity index (χ1) is 21.0. The number of aromatic nitrogens is 3. The van der Waals surface area contributed by atoms with Crippen LogP contribution < -0.4 is 9.64 Å². The highest BCUT2D eigenvalue weighted by molar-refractivity contribution is 6.36. The molecule has 2 saturated heterocycles. The molecule has 2 aliphatic heterocycles. The normalized spacial score (nSPS) is 19.2. The number of hydrogen-bond donors (Lipinski definition) is 0. The van der Waals surface area contributed by atoms with Gasteiger partial charge in [-0.3, -0.25) is 4.98 Å². The molecule has 2 atom stereocenters. The van der Waals surface area contributed by atoms with Gasteiger partial charge < -0.3 is 24.2 Å². The molecular formula is C33H38ClFN6O3. The van der Waals surface area contributed by atoms with Crippen molar-refractivity contribution in [3.63, 3.8) is 0 Å². The molecule has 0 aliphatic carbocycles. The molecule has 0 radical (unpaired) electrons. The third kappa shape index (κ3) is 5.97. The molecule has 2 aliphatic rings. The van der Waals surface area contributed by atoms with Crippen molar-refractivity contribution in [1.82, 2.24) is 24.8 Å². The molecule has 0 saturated carbocycles. The molecule has 2 aromatic carbocycles. The Labute approximate surface area is 261 Å². The third-order valence-electron chi connectivity index (χ3n) is 8.53. The number of anilines is 1. The fourth-order valence-electron chi connectivity index (χ4n) is 6.12. The molecule has 0 bridgehead atoms. The lowest BCUT2D eigenvalue weighted by molar-refractivity contribution is 0.0292. The van der Waals surface area contributed by atoms with Crippen molar-refractivity contribution in [1.29, 1.82) is 0 Å². The number of ether oxygens (including phenoxy) is 2. The van der Waals surface area contributed by atoms with Gasteiger partial charge in [0.1, 0.15) is 29.2 Å². The van der Waals surface area contributed by atoms with Crippen molar-refractivity contribution >= 4 is 45.2 Å². The van der Waals surface area contributed by atoms with Crippen molar-refractivity contribution < 1.29 is 18.7 Å². The number of likely N-dealkylation sites (N-methyl/N-ethyl adjacent to an activating group) is 2. The second kappa shape index (κ2) is 12.0. The SMILES string of the molecule is CN1CCC[C@H]1COc1nc(N(C)[C@H]2CCN(C(=O)OC(C)(C)C)C2)c2cnc(-c3cccc4cccc(Cl)c34)c(F)c2n1. The maximum atomic E-state index is 16.6. The van der Waals surface area contributed by atoms with Gasteiger partial charge in [0.2, 0.25) is 0 Å². The van der Waals surface area contributed by atoms with Gasteiger partial charge in [-0.1, -0.05) is 41.9 Å². The largest absolute Gasteiger partial charge is 0.462 e. The van der Waals surface area contributed by atoms with Crippen LogP contribution in [-0.4, -0.2) is 88.9 Å². The Kier molecular flexibility index (Phi) is 8.24. The third-order valence-corrected chi connectivity index (χ3v) is 8.84. The first-order valence-electron chi connectivity index (χ1n) is 15.1. The summed E-state index contributed by atoms with van der Waals surface area (Å²) in [4.78, 5) is 32.7. The fourth-order valence-corrected chi connectivity index (χ4v) is 6.40. The highest BCUT2D eigenvalue weighted by Gasteiger charge is 2.34. The summed E-state index contributed by atoms with van der Waals surface area (Å²) in [7, 11) is 3.97. The smallest absolute Gasteiger partial charge is 0.410 e. The zero-order chi connectivity index (χ0) is 31.2. The molecule has 4 aromatic rings. The average molecular weight is 621 g/mol. The number of benzene rings is 2. The number of fused-ring (bicyclic) bond motifs is 2. The summed E-state index contributed by atoms with van der Waals surface area (Å²) >= 11 is 6.59. The summed E-state index contributed by atoms with van der Waals surface area (Å²) in [5.41, 5.74) is 0.271. The zero-order valence-corrected chi connectivity index (χ0v) is 26.6. The topological polar surface area (TPSA) is 83.9 Å². The second-order valence-electron chi connectivity index (χ2n) is 12.7. The van der Waals surface area contributed by atoms with Crippen molar-refractivity contribution in [2.75, 3.05) is 45.2 Å². The van der Waals surface area contributed by atoms with Gasteiger partial charge in [0.05, 0.1) is 5.39 Å². The summed E-state index contributed by atoms with van der Waals surface area (Å²) in [6.07, 6.45) is 4.09. The van der Waals surface area contributed by atoms with E-state index in [1.54, 1.807) is 17.2 Å². The molecule has 6 rings (SSSR count). The standard InChI is InChI=1S/C33H38ClFN6O3/c1-33(2,3)44-32(42)41-16-14-21(18-41)40(5)30-24-17-36-28(23-12-6-9-20-10-7-13-25(34)26(20)23)27(35)29(24)37-31(38-30)43-19-22-11-8-15-39(22)4/h6-7,9-10,12-13,17,21-22H,8,11,14-16,18-19H2,1-5H3/t21-,22-/m0/s1. The number of carbonyl (C=O) groups is 1. The van der Waals surface area contributed by atoms with Crippen LogP contribution in [0.4, 0.5) is 15.0 Å². The molecule has 44 heavy (non-hydrogen) atoms. The number of pyridine rings is 1. The van der Waals surface area contributed by atoms with Crippen molar-refractivity contribution in [3.8, 4) is 17.3 Å². The Morgan fingerprint density at radius 1 is 1.14 bits per heavy atom. The van der Waals surface area contributed by atoms with Crippen LogP contribution in [-0.2, 0) is 4.74 Å². The lowest BCUT2D eigenvalue weighted by Gasteiger charge is -2.28. The molecule has 1 amide bonds. The minimum Gasteiger partial charge on any atom is -0.462 e. The summed E-state index contributed by atoms with van der Waals surface area (Å²) in [5, 5.41) is 2.59. The minimum absolute atomic E-state index is 0.0750. The van der Waals surface area contributed by atoms with Crippen molar-refractivity contribution in [2.24, 2.45) is 0 Å². The van der Waals surface area contributed by atoms with E-state index in [2.05, 4.69) is 21.9 Å². The maximum absolute atomic E-state index is 16.6. The lowest BCUT2D eigenvalue weighted by atomic mass is 10.0. The van der Waals surface area contributed by atoms with Gasteiger partial charge >= 0.3 is 12.1 Å². The van der Waals surface area contributed by atoms with Gasteiger partial charge in [0.25, 0.3) is 0 Å². The number of halogens is 2. The number of nitrogens with zero attached hydrogens (tertiary/aromatic N) is 6.